The van der Waals surface area contributed by atoms with Crippen molar-refractivity contribution in [3.63, 3.8) is 0 Å². The predicted molar refractivity (Wildman–Crippen MR) is 77.8 cm³/mol. The van der Waals surface area contributed by atoms with E-state index in [-0.39, 0.29) is 0 Å². The second kappa shape index (κ2) is 6.67. The lowest BCUT2D eigenvalue weighted by Crippen LogP contribution is -2.39. The fraction of sp³-hybridized carbons (Fsp3) is 0.929. The standard InChI is InChI=1S/C14H26N2S/c1-3-12-10-15-14(17-12)16-13(4-2)11-8-6-5-7-9-11/h11-13H,3-10H2,1-2H3,(H,15,16). The van der Waals surface area contributed by atoms with Gasteiger partial charge in [0.2, 0.25) is 0 Å². The van der Waals surface area contributed by atoms with E-state index in [1.54, 1.807) is 0 Å². The average Bonchev–Trinajstić information content (AvgIpc) is 2.84. The van der Waals surface area contributed by atoms with Gasteiger partial charge in [-0.15, -0.1) is 0 Å². The minimum Gasteiger partial charge on any atom is -0.362 e. The van der Waals surface area contributed by atoms with E-state index < -0.39 is 0 Å². The molecule has 2 unspecified atom stereocenters. The Morgan fingerprint density at radius 2 is 2.06 bits per heavy atom. The van der Waals surface area contributed by atoms with E-state index in [0.29, 0.717) is 6.04 Å². The molecule has 98 valence electrons. The van der Waals surface area contributed by atoms with Gasteiger partial charge in [-0.25, -0.2) is 0 Å². The predicted octanol–water partition coefficient (Wildman–Crippen LogP) is 3.82. The second-order valence-corrected chi connectivity index (χ2v) is 6.64. The number of thioether (sulfide) groups is 1. The van der Waals surface area contributed by atoms with Gasteiger partial charge in [-0.2, -0.15) is 0 Å². The minimum absolute atomic E-state index is 0.664. The smallest absolute Gasteiger partial charge is 0.157 e. The van der Waals surface area contributed by atoms with E-state index in [1.165, 1.54) is 50.1 Å². The molecule has 2 rings (SSSR count). The molecule has 2 atom stereocenters. The molecule has 0 aromatic carbocycles. The highest BCUT2D eigenvalue weighted by atomic mass is 32.2. The highest BCUT2D eigenvalue weighted by molar-refractivity contribution is 8.14. The van der Waals surface area contributed by atoms with Gasteiger partial charge in [0.15, 0.2) is 5.17 Å². The molecular formula is C14H26N2S. The quantitative estimate of drug-likeness (QED) is 0.825. The van der Waals surface area contributed by atoms with Gasteiger partial charge in [-0.1, -0.05) is 44.9 Å². The van der Waals surface area contributed by atoms with E-state index in [9.17, 15) is 0 Å². The Balaban J connectivity index is 1.82. The summed E-state index contributed by atoms with van der Waals surface area (Å²) < 4.78 is 0. The molecule has 0 bridgehead atoms. The Morgan fingerprint density at radius 3 is 2.65 bits per heavy atom. The summed E-state index contributed by atoms with van der Waals surface area (Å²) >= 11 is 1.96. The highest BCUT2D eigenvalue weighted by Gasteiger charge is 2.25. The summed E-state index contributed by atoms with van der Waals surface area (Å²) in [5.74, 6) is 0.887. The molecule has 2 aliphatic rings. The Labute approximate surface area is 110 Å². The first-order valence-corrected chi connectivity index (χ1v) is 8.19. The number of nitrogens with one attached hydrogen (secondary N) is 1. The molecule has 0 amide bonds. The molecule has 1 fully saturated rings. The number of aliphatic imine (C=N–C) groups is 1. The lowest BCUT2D eigenvalue weighted by Gasteiger charge is -2.30. The van der Waals surface area contributed by atoms with Crippen LogP contribution >= 0.6 is 11.8 Å². The van der Waals surface area contributed by atoms with Crippen molar-refractivity contribution in [3.05, 3.63) is 0 Å². The van der Waals surface area contributed by atoms with Crippen LogP contribution in [0.3, 0.4) is 0 Å². The summed E-state index contributed by atoms with van der Waals surface area (Å²) in [5.41, 5.74) is 0. The number of hydrogen-bond acceptors (Lipinski definition) is 3. The third-order valence-corrected chi connectivity index (χ3v) is 5.43. The van der Waals surface area contributed by atoms with E-state index in [0.717, 1.165) is 17.7 Å². The fourth-order valence-corrected chi connectivity index (χ4v) is 3.96. The molecule has 3 heteroatoms. The molecular weight excluding hydrogens is 228 g/mol. The SMILES string of the molecule is CCC1CN=C(NC(CC)C2CCCCC2)S1. The van der Waals surface area contributed by atoms with Crippen molar-refractivity contribution in [2.24, 2.45) is 10.9 Å². The van der Waals surface area contributed by atoms with Gasteiger partial charge in [-0.05, 0) is 31.6 Å². The summed E-state index contributed by atoms with van der Waals surface area (Å²) in [6, 6.07) is 0.664. The number of nitrogens with zero attached hydrogens (tertiary/aromatic N) is 1. The monoisotopic (exact) mass is 254 g/mol. The zero-order chi connectivity index (χ0) is 12.1. The molecule has 1 heterocycles. The van der Waals surface area contributed by atoms with E-state index in [1.807, 2.05) is 11.8 Å². The van der Waals surface area contributed by atoms with Crippen LogP contribution in [0.25, 0.3) is 0 Å². The van der Waals surface area contributed by atoms with Crippen molar-refractivity contribution in [2.45, 2.75) is 70.1 Å². The first-order chi connectivity index (χ1) is 8.33. The summed E-state index contributed by atoms with van der Waals surface area (Å²) in [5, 5.41) is 5.65. The topological polar surface area (TPSA) is 24.4 Å². The summed E-state index contributed by atoms with van der Waals surface area (Å²) in [7, 11) is 0. The molecule has 1 saturated carbocycles. The molecule has 2 nitrogen and oxygen atoms in total. The number of amidine groups is 1. The largest absolute Gasteiger partial charge is 0.362 e. The summed E-state index contributed by atoms with van der Waals surface area (Å²) in [4.78, 5) is 4.64. The lowest BCUT2D eigenvalue weighted by atomic mass is 9.83. The fourth-order valence-electron chi connectivity index (χ4n) is 2.96. The Morgan fingerprint density at radius 1 is 1.29 bits per heavy atom. The number of hydrogen-bond donors (Lipinski definition) is 1. The van der Waals surface area contributed by atoms with Gasteiger partial charge in [0.25, 0.3) is 0 Å². The molecule has 0 saturated heterocycles. The molecule has 1 aliphatic carbocycles. The van der Waals surface area contributed by atoms with Crippen LogP contribution in [0.2, 0.25) is 0 Å². The van der Waals surface area contributed by atoms with Crippen LogP contribution in [0, 0.1) is 5.92 Å². The first-order valence-electron chi connectivity index (χ1n) is 7.31. The molecule has 0 aromatic heterocycles. The zero-order valence-corrected chi connectivity index (χ0v) is 12.1. The maximum absolute atomic E-state index is 4.64. The van der Waals surface area contributed by atoms with Crippen molar-refractivity contribution >= 4 is 16.9 Å². The molecule has 0 spiro atoms. The van der Waals surface area contributed by atoms with Gasteiger partial charge < -0.3 is 5.32 Å². The van der Waals surface area contributed by atoms with Crippen LogP contribution in [-0.2, 0) is 0 Å². The average molecular weight is 254 g/mol. The molecule has 17 heavy (non-hydrogen) atoms. The van der Waals surface area contributed by atoms with E-state index in [2.05, 4.69) is 24.2 Å². The molecule has 1 aliphatic heterocycles. The van der Waals surface area contributed by atoms with Crippen LogP contribution < -0.4 is 5.32 Å². The molecule has 0 radical (unpaired) electrons. The van der Waals surface area contributed by atoms with Gasteiger partial charge in [0.1, 0.15) is 0 Å². The maximum Gasteiger partial charge on any atom is 0.157 e. The van der Waals surface area contributed by atoms with Crippen LogP contribution in [0.1, 0.15) is 58.8 Å². The zero-order valence-electron chi connectivity index (χ0n) is 11.2. The van der Waals surface area contributed by atoms with Gasteiger partial charge in [0, 0.05) is 11.3 Å². The van der Waals surface area contributed by atoms with Crippen LogP contribution in [0.5, 0.6) is 0 Å². The highest BCUT2D eigenvalue weighted by Crippen LogP contribution is 2.29. The normalized spacial score (nSPS) is 27.9. The first kappa shape index (κ1) is 13.3. The van der Waals surface area contributed by atoms with Gasteiger partial charge in [-0.3, -0.25) is 4.99 Å². The lowest BCUT2D eigenvalue weighted by molar-refractivity contribution is 0.284. The number of rotatable bonds is 4. The van der Waals surface area contributed by atoms with Crippen LogP contribution in [0.4, 0.5) is 0 Å². The summed E-state index contributed by atoms with van der Waals surface area (Å²) in [6.07, 6.45) is 9.61. The van der Waals surface area contributed by atoms with Gasteiger partial charge >= 0.3 is 0 Å². The van der Waals surface area contributed by atoms with Crippen molar-refractivity contribution < 1.29 is 0 Å². The van der Waals surface area contributed by atoms with Crippen LogP contribution in [-0.4, -0.2) is 23.0 Å². The second-order valence-electron chi connectivity index (χ2n) is 5.35. The Bertz CT molecular complexity index is 259. The van der Waals surface area contributed by atoms with Crippen molar-refractivity contribution in [2.75, 3.05) is 6.54 Å². The minimum atomic E-state index is 0.664. The summed E-state index contributed by atoms with van der Waals surface area (Å²) in [6.45, 7) is 5.59. The third kappa shape index (κ3) is 3.64. The van der Waals surface area contributed by atoms with Crippen molar-refractivity contribution in [3.8, 4) is 0 Å². The third-order valence-electron chi connectivity index (χ3n) is 4.14. The van der Waals surface area contributed by atoms with E-state index in [4.69, 9.17) is 0 Å². The maximum atomic E-state index is 4.64. The van der Waals surface area contributed by atoms with Crippen molar-refractivity contribution in [1.29, 1.82) is 0 Å². The van der Waals surface area contributed by atoms with E-state index >= 15 is 0 Å². The Hall–Kier alpha value is -0.180. The van der Waals surface area contributed by atoms with Crippen molar-refractivity contribution in [1.82, 2.24) is 5.32 Å². The molecule has 0 aromatic rings. The Kier molecular flexibility index (Phi) is 5.20. The molecule has 1 N–H and O–H groups in total. The van der Waals surface area contributed by atoms with Gasteiger partial charge in [0.05, 0.1) is 6.54 Å². The van der Waals surface area contributed by atoms with Crippen LogP contribution in [0.15, 0.2) is 4.99 Å².